The second-order valence-electron chi connectivity index (χ2n) is 7.58. The zero-order valence-electron chi connectivity index (χ0n) is 15.4. The highest BCUT2D eigenvalue weighted by molar-refractivity contribution is 5.96. The van der Waals surface area contributed by atoms with Crippen LogP contribution in [0.15, 0.2) is 48.9 Å². The highest BCUT2D eigenvalue weighted by atomic mass is 16.2. The van der Waals surface area contributed by atoms with E-state index in [1.54, 1.807) is 23.0 Å². The fourth-order valence-electron chi connectivity index (χ4n) is 3.88. The Kier molecular flexibility index (Phi) is 4.07. The minimum Gasteiger partial charge on any atom is -0.352 e. The van der Waals surface area contributed by atoms with E-state index in [1.165, 1.54) is 0 Å². The fourth-order valence-corrected chi connectivity index (χ4v) is 3.88. The SMILES string of the molecule is O=C(NC[C@@H]1CC(=O)N(C2CC2)C1)c1cccc(-c2cnn3cccnc23)c1. The molecule has 1 aromatic carbocycles. The predicted octanol–water partition coefficient (Wildman–Crippen LogP) is 2.14. The number of likely N-dealkylation sites (tertiary alicyclic amines) is 1. The molecule has 2 aromatic heterocycles. The minimum atomic E-state index is -0.122. The van der Waals surface area contributed by atoms with Gasteiger partial charge in [0.15, 0.2) is 5.65 Å². The average molecular weight is 375 g/mol. The number of carbonyl (C=O) groups is 2. The normalized spacial score (nSPS) is 19.4. The van der Waals surface area contributed by atoms with E-state index in [1.807, 2.05) is 35.4 Å². The lowest BCUT2D eigenvalue weighted by atomic mass is 10.0. The number of hydrogen-bond donors (Lipinski definition) is 1. The Morgan fingerprint density at radius 2 is 2.14 bits per heavy atom. The number of fused-ring (bicyclic) bond motifs is 1. The first-order valence-corrected chi connectivity index (χ1v) is 9.65. The maximum absolute atomic E-state index is 12.6. The summed E-state index contributed by atoms with van der Waals surface area (Å²) in [7, 11) is 0. The topological polar surface area (TPSA) is 79.6 Å². The Balaban J connectivity index is 1.28. The van der Waals surface area contributed by atoms with Crippen LogP contribution in [0.5, 0.6) is 0 Å². The van der Waals surface area contributed by atoms with Crippen molar-refractivity contribution in [1.82, 2.24) is 24.8 Å². The third-order valence-corrected chi connectivity index (χ3v) is 5.49. The lowest BCUT2D eigenvalue weighted by Crippen LogP contribution is -2.32. The van der Waals surface area contributed by atoms with Gasteiger partial charge in [-0.05, 0) is 36.6 Å². The third kappa shape index (κ3) is 3.13. The van der Waals surface area contributed by atoms with Crippen molar-refractivity contribution in [3.8, 4) is 11.1 Å². The van der Waals surface area contributed by atoms with Gasteiger partial charge in [0.2, 0.25) is 5.91 Å². The molecule has 1 atom stereocenters. The van der Waals surface area contributed by atoms with Crippen molar-refractivity contribution in [1.29, 1.82) is 0 Å². The van der Waals surface area contributed by atoms with Crippen molar-refractivity contribution in [3.05, 3.63) is 54.5 Å². The molecule has 1 aliphatic heterocycles. The molecule has 3 aromatic rings. The first kappa shape index (κ1) is 16.9. The summed E-state index contributed by atoms with van der Waals surface area (Å²) in [5.41, 5.74) is 3.13. The van der Waals surface area contributed by atoms with Gasteiger partial charge in [-0.2, -0.15) is 5.10 Å². The molecule has 1 saturated heterocycles. The second kappa shape index (κ2) is 6.74. The Morgan fingerprint density at radius 1 is 1.25 bits per heavy atom. The molecule has 1 aliphatic carbocycles. The Labute approximate surface area is 162 Å². The molecule has 7 heteroatoms. The largest absolute Gasteiger partial charge is 0.352 e. The van der Waals surface area contributed by atoms with Gasteiger partial charge in [0.05, 0.1) is 6.20 Å². The van der Waals surface area contributed by atoms with Crippen LogP contribution in [-0.2, 0) is 4.79 Å². The Bertz CT molecular complexity index is 1060. The Morgan fingerprint density at radius 3 is 3.00 bits per heavy atom. The molecule has 3 heterocycles. The molecule has 0 radical (unpaired) electrons. The molecule has 1 saturated carbocycles. The second-order valence-corrected chi connectivity index (χ2v) is 7.58. The third-order valence-electron chi connectivity index (χ3n) is 5.49. The summed E-state index contributed by atoms with van der Waals surface area (Å²) in [4.78, 5) is 31.1. The van der Waals surface area contributed by atoms with Gasteiger partial charge in [0.1, 0.15) is 0 Å². The van der Waals surface area contributed by atoms with Crippen molar-refractivity contribution in [2.45, 2.75) is 25.3 Å². The van der Waals surface area contributed by atoms with E-state index < -0.39 is 0 Å². The highest BCUT2D eigenvalue weighted by Gasteiger charge is 2.39. The number of rotatable bonds is 5. The van der Waals surface area contributed by atoms with Crippen molar-refractivity contribution in [2.75, 3.05) is 13.1 Å². The van der Waals surface area contributed by atoms with E-state index in [9.17, 15) is 9.59 Å². The molecule has 0 spiro atoms. The number of aromatic nitrogens is 3. The highest BCUT2D eigenvalue weighted by Crippen LogP contribution is 2.32. The maximum Gasteiger partial charge on any atom is 0.251 e. The standard InChI is InChI=1S/C21H21N5O2/c27-19-9-14(13-25(19)17-5-6-17)11-23-21(28)16-4-1-3-15(10-16)18-12-24-26-8-2-7-22-20(18)26/h1-4,7-8,10,12,14,17H,5-6,9,11,13H2,(H,23,28)/t14-/m0/s1. The van der Waals surface area contributed by atoms with E-state index in [0.29, 0.717) is 24.6 Å². The first-order chi connectivity index (χ1) is 13.7. The van der Waals surface area contributed by atoms with E-state index in [-0.39, 0.29) is 17.7 Å². The molecule has 0 unspecified atom stereocenters. The fraction of sp³-hybridized carbons (Fsp3) is 0.333. The smallest absolute Gasteiger partial charge is 0.251 e. The van der Waals surface area contributed by atoms with Gasteiger partial charge < -0.3 is 10.2 Å². The molecule has 28 heavy (non-hydrogen) atoms. The molecule has 5 rings (SSSR count). The molecule has 0 bridgehead atoms. The summed E-state index contributed by atoms with van der Waals surface area (Å²) in [6, 6.07) is 9.75. The molecule has 2 aliphatic rings. The lowest BCUT2D eigenvalue weighted by molar-refractivity contribution is -0.128. The average Bonchev–Trinajstić information content (AvgIpc) is 3.36. The van der Waals surface area contributed by atoms with Crippen LogP contribution in [0, 0.1) is 5.92 Å². The van der Waals surface area contributed by atoms with Gasteiger partial charge in [-0.1, -0.05) is 12.1 Å². The van der Waals surface area contributed by atoms with Gasteiger partial charge in [-0.25, -0.2) is 9.50 Å². The van der Waals surface area contributed by atoms with Crippen LogP contribution in [0.1, 0.15) is 29.6 Å². The van der Waals surface area contributed by atoms with E-state index in [4.69, 9.17) is 0 Å². The van der Waals surface area contributed by atoms with Crippen LogP contribution >= 0.6 is 0 Å². The number of hydrogen-bond acceptors (Lipinski definition) is 4. The number of carbonyl (C=O) groups excluding carboxylic acids is 2. The molecule has 2 amide bonds. The van der Waals surface area contributed by atoms with E-state index in [0.717, 1.165) is 36.2 Å². The summed E-state index contributed by atoms with van der Waals surface area (Å²) in [5.74, 6) is 0.303. The molecule has 2 fully saturated rings. The molecule has 142 valence electrons. The quantitative estimate of drug-likeness (QED) is 0.741. The van der Waals surface area contributed by atoms with Gasteiger partial charge in [0, 0.05) is 55.0 Å². The Hall–Kier alpha value is -3.22. The number of benzene rings is 1. The number of amides is 2. The zero-order valence-corrected chi connectivity index (χ0v) is 15.4. The van der Waals surface area contributed by atoms with Crippen molar-refractivity contribution < 1.29 is 9.59 Å². The van der Waals surface area contributed by atoms with E-state index >= 15 is 0 Å². The van der Waals surface area contributed by atoms with Crippen molar-refractivity contribution >= 4 is 17.5 Å². The van der Waals surface area contributed by atoms with Crippen LogP contribution in [0.3, 0.4) is 0 Å². The van der Waals surface area contributed by atoms with Crippen LogP contribution in [-0.4, -0.2) is 50.4 Å². The lowest BCUT2D eigenvalue weighted by Gasteiger charge is -2.15. The van der Waals surface area contributed by atoms with Crippen LogP contribution in [0.25, 0.3) is 16.8 Å². The van der Waals surface area contributed by atoms with Crippen molar-refractivity contribution in [3.63, 3.8) is 0 Å². The molecular formula is C21H21N5O2. The summed E-state index contributed by atoms with van der Waals surface area (Å²) in [6.45, 7) is 1.29. The van der Waals surface area contributed by atoms with Gasteiger partial charge in [0.25, 0.3) is 5.91 Å². The van der Waals surface area contributed by atoms with Crippen LogP contribution < -0.4 is 5.32 Å². The van der Waals surface area contributed by atoms with Crippen LogP contribution in [0.2, 0.25) is 0 Å². The summed E-state index contributed by atoms with van der Waals surface area (Å²) >= 11 is 0. The number of nitrogens with one attached hydrogen (secondary N) is 1. The van der Waals surface area contributed by atoms with Gasteiger partial charge in [-0.15, -0.1) is 0 Å². The zero-order chi connectivity index (χ0) is 19.1. The predicted molar refractivity (Wildman–Crippen MR) is 104 cm³/mol. The molecular weight excluding hydrogens is 354 g/mol. The minimum absolute atomic E-state index is 0.122. The van der Waals surface area contributed by atoms with Gasteiger partial charge >= 0.3 is 0 Å². The summed E-state index contributed by atoms with van der Waals surface area (Å²) < 4.78 is 1.71. The molecule has 1 N–H and O–H groups in total. The summed E-state index contributed by atoms with van der Waals surface area (Å²) in [5, 5.41) is 7.31. The maximum atomic E-state index is 12.6. The van der Waals surface area contributed by atoms with E-state index in [2.05, 4.69) is 15.4 Å². The van der Waals surface area contributed by atoms with Gasteiger partial charge in [-0.3, -0.25) is 9.59 Å². The van der Waals surface area contributed by atoms with Crippen molar-refractivity contribution in [2.24, 2.45) is 5.92 Å². The molecule has 7 nitrogen and oxygen atoms in total. The first-order valence-electron chi connectivity index (χ1n) is 9.65. The summed E-state index contributed by atoms with van der Waals surface area (Å²) in [6.07, 6.45) is 8.11. The monoisotopic (exact) mass is 375 g/mol. The van der Waals surface area contributed by atoms with Crippen LogP contribution in [0.4, 0.5) is 0 Å². The number of nitrogens with zero attached hydrogens (tertiary/aromatic N) is 4.